The molecule has 1 amide bonds. The quantitative estimate of drug-likeness (QED) is 0.882. The first-order valence-corrected chi connectivity index (χ1v) is 8.92. The fourth-order valence-corrected chi connectivity index (χ4v) is 3.75. The van der Waals surface area contributed by atoms with Crippen molar-refractivity contribution in [3.63, 3.8) is 0 Å². The molecule has 0 saturated carbocycles. The first kappa shape index (κ1) is 17.4. The number of hydrogen-bond donors (Lipinski definition) is 1. The number of likely N-dealkylation sites (tertiary alicyclic amines) is 1. The molecule has 24 heavy (non-hydrogen) atoms. The molecule has 0 aromatic heterocycles. The Hall–Kier alpha value is -1.43. The number of fused-ring (bicyclic) bond motifs is 1. The topological polar surface area (TPSA) is 44.8 Å². The van der Waals surface area contributed by atoms with Crippen LogP contribution in [0.1, 0.15) is 25.0 Å². The van der Waals surface area contributed by atoms with E-state index in [0.717, 1.165) is 32.6 Å². The highest BCUT2D eigenvalue weighted by molar-refractivity contribution is 5.78. The molecule has 3 rings (SSSR count). The molecule has 0 radical (unpaired) electrons. The summed E-state index contributed by atoms with van der Waals surface area (Å²) in [6.45, 7) is 8.38. The van der Waals surface area contributed by atoms with Gasteiger partial charge in [-0.2, -0.15) is 0 Å². The molecule has 0 bridgehead atoms. The van der Waals surface area contributed by atoms with Gasteiger partial charge in [0.2, 0.25) is 5.91 Å². The molecule has 1 aromatic carbocycles. The second-order valence-electron chi connectivity index (χ2n) is 7.23. The van der Waals surface area contributed by atoms with Crippen LogP contribution in [0.5, 0.6) is 0 Å². The fraction of sp³-hybridized carbons (Fsp3) is 0.632. The van der Waals surface area contributed by atoms with Gasteiger partial charge in [0.1, 0.15) is 0 Å². The predicted octanol–water partition coefficient (Wildman–Crippen LogP) is 1.27. The summed E-state index contributed by atoms with van der Waals surface area (Å²) in [5, 5.41) is 3.19. The number of methoxy groups -OCH3 is 1. The average Bonchev–Trinajstić information content (AvgIpc) is 2.97. The van der Waals surface area contributed by atoms with Gasteiger partial charge in [-0.15, -0.1) is 0 Å². The normalized spacial score (nSPS) is 25.0. The van der Waals surface area contributed by atoms with E-state index in [1.54, 1.807) is 7.11 Å². The van der Waals surface area contributed by atoms with Crippen molar-refractivity contribution in [3.05, 3.63) is 35.4 Å². The van der Waals surface area contributed by atoms with Gasteiger partial charge in [0.15, 0.2) is 0 Å². The van der Waals surface area contributed by atoms with Gasteiger partial charge >= 0.3 is 0 Å². The van der Waals surface area contributed by atoms with E-state index in [1.165, 1.54) is 11.1 Å². The molecule has 2 aliphatic heterocycles. The summed E-state index contributed by atoms with van der Waals surface area (Å²) < 4.78 is 5.57. The second-order valence-corrected chi connectivity index (χ2v) is 7.23. The number of benzene rings is 1. The van der Waals surface area contributed by atoms with E-state index in [9.17, 15) is 4.79 Å². The molecule has 5 nitrogen and oxygen atoms in total. The smallest absolute Gasteiger partial charge is 0.234 e. The van der Waals surface area contributed by atoms with E-state index in [2.05, 4.69) is 53.2 Å². The number of amides is 1. The highest BCUT2D eigenvalue weighted by atomic mass is 16.5. The van der Waals surface area contributed by atoms with E-state index >= 15 is 0 Å². The summed E-state index contributed by atoms with van der Waals surface area (Å²) in [4.78, 5) is 17.1. The van der Waals surface area contributed by atoms with Crippen LogP contribution in [0.3, 0.4) is 0 Å². The summed E-state index contributed by atoms with van der Waals surface area (Å²) in [5.41, 5.74) is 2.76. The molecule has 132 valence electrons. The molecule has 1 aromatic rings. The SMILES string of the molecule is CO[C@@H]1CN(C(C)C)C[C@H]1NC(=O)CN1CCc2ccccc2C1. The molecular formula is C19H29N3O2. The van der Waals surface area contributed by atoms with Crippen LogP contribution in [-0.4, -0.2) is 67.2 Å². The Morgan fingerprint density at radius 1 is 1.29 bits per heavy atom. The number of carbonyl (C=O) groups is 1. The maximum Gasteiger partial charge on any atom is 0.234 e. The maximum atomic E-state index is 12.5. The third kappa shape index (κ3) is 3.97. The van der Waals surface area contributed by atoms with E-state index < -0.39 is 0 Å². The van der Waals surface area contributed by atoms with Crippen molar-refractivity contribution in [3.8, 4) is 0 Å². The van der Waals surface area contributed by atoms with Crippen molar-refractivity contribution in [1.29, 1.82) is 0 Å². The number of hydrogen-bond acceptors (Lipinski definition) is 4. The average molecular weight is 331 g/mol. The molecular weight excluding hydrogens is 302 g/mol. The Morgan fingerprint density at radius 2 is 2.04 bits per heavy atom. The lowest BCUT2D eigenvalue weighted by Gasteiger charge is -2.29. The van der Waals surface area contributed by atoms with Gasteiger partial charge in [0.05, 0.1) is 18.7 Å². The molecule has 0 aliphatic carbocycles. The molecule has 2 heterocycles. The van der Waals surface area contributed by atoms with Gasteiger partial charge in [0.25, 0.3) is 0 Å². The molecule has 1 saturated heterocycles. The standard InChI is InChI=1S/C19H29N3O2/c1-14(2)22-11-17(18(12-22)24-3)20-19(23)13-21-9-8-15-6-4-5-7-16(15)10-21/h4-7,14,17-18H,8-13H2,1-3H3,(H,20,23)/t17-,18-/m1/s1. The summed E-state index contributed by atoms with van der Waals surface area (Å²) >= 11 is 0. The van der Waals surface area contributed by atoms with Crippen LogP contribution in [0.15, 0.2) is 24.3 Å². The van der Waals surface area contributed by atoms with Crippen molar-refractivity contribution in [1.82, 2.24) is 15.1 Å². The highest BCUT2D eigenvalue weighted by Crippen LogP contribution is 2.19. The number of rotatable bonds is 5. The highest BCUT2D eigenvalue weighted by Gasteiger charge is 2.35. The Morgan fingerprint density at radius 3 is 2.75 bits per heavy atom. The Bertz CT molecular complexity index is 575. The monoisotopic (exact) mass is 331 g/mol. The molecule has 5 heteroatoms. The lowest BCUT2D eigenvalue weighted by Crippen LogP contribution is -2.48. The number of carbonyl (C=O) groups excluding carboxylic acids is 1. The van der Waals surface area contributed by atoms with E-state index in [0.29, 0.717) is 12.6 Å². The van der Waals surface area contributed by atoms with E-state index in [-0.39, 0.29) is 18.1 Å². The van der Waals surface area contributed by atoms with Crippen molar-refractivity contribution < 1.29 is 9.53 Å². The second kappa shape index (κ2) is 7.64. The summed E-state index contributed by atoms with van der Waals surface area (Å²) in [6.07, 6.45) is 1.10. The zero-order valence-corrected chi connectivity index (χ0v) is 15.0. The molecule has 1 fully saturated rings. The van der Waals surface area contributed by atoms with Crippen LogP contribution in [0, 0.1) is 0 Å². The van der Waals surface area contributed by atoms with Crippen LogP contribution in [-0.2, 0) is 22.5 Å². The molecule has 1 N–H and O–H groups in total. The number of ether oxygens (including phenoxy) is 1. The van der Waals surface area contributed by atoms with Crippen molar-refractivity contribution in [2.75, 3.05) is 33.3 Å². The Labute approximate surface area is 145 Å². The maximum absolute atomic E-state index is 12.5. The van der Waals surface area contributed by atoms with Crippen LogP contribution >= 0.6 is 0 Å². The minimum atomic E-state index is 0.0819. The third-order valence-corrected chi connectivity index (χ3v) is 5.25. The van der Waals surface area contributed by atoms with Gasteiger partial charge in [-0.05, 0) is 31.4 Å². The van der Waals surface area contributed by atoms with Gasteiger partial charge in [-0.25, -0.2) is 0 Å². The molecule has 0 unspecified atom stereocenters. The Balaban J connectivity index is 1.53. The minimum Gasteiger partial charge on any atom is -0.378 e. The number of nitrogens with one attached hydrogen (secondary N) is 1. The van der Waals surface area contributed by atoms with Crippen molar-refractivity contribution >= 4 is 5.91 Å². The predicted molar refractivity (Wildman–Crippen MR) is 94.9 cm³/mol. The minimum absolute atomic E-state index is 0.0819. The van der Waals surface area contributed by atoms with Crippen LogP contribution in [0.2, 0.25) is 0 Å². The molecule has 2 aliphatic rings. The fourth-order valence-electron chi connectivity index (χ4n) is 3.75. The van der Waals surface area contributed by atoms with Crippen molar-refractivity contribution in [2.45, 2.75) is 45.0 Å². The van der Waals surface area contributed by atoms with Gasteiger partial charge in [0, 0.05) is 39.3 Å². The van der Waals surface area contributed by atoms with Gasteiger partial charge in [-0.1, -0.05) is 24.3 Å². The third-order valence-electron chi connectivity index (χ3n) is 5.25. The summed E-state index contributed by atoms with van der Waals surface area (Å²) in [5.74, 6) is 0.104. The summed E-state index contributed by atoms with van der Waals surface area (Å²) in [7, 11) is 1.73. The van der Waals surface area contributed by atoms with E-state index in [4.69, 9.17) is 4.74 Å². The number of nitrogens with zero attached hydrogens (tertiary/aromatic N) is 2. The zero-order chi connectivity index (χ0) is 17.1. The van der Waals surface area contributed by atoms with Crippen LogP contribution in [0.25, 0.3) is 0 Å². The van der Waals surface area contributed by atoms with E-state index in [1.807, 2.05) is 0 Å². The summed E-state index contributed by atoms with van der Waals surface area (Å²) in [6, 6.07) is 9.08. The van der Waals surface area contributed by atoms with Crippen LogP contribution < -0.4 is 5.32 Å². The molecule has 2 atom stereocenters. The van der Waals surface area contributed by atoms with Gasteiger partial charge in [-0.3, -0.25) is 14.6 Å². The first-order chi connectivity index (χ1) is 11.6. The Kier molecular flexibility index (Phi) is 5.54. The first-order valence-electron chi connectivity index (χ1n) is 8.92. The molecule has 0 spiro atoms. The lowest BCUT2D eigenvalue weighted by atomic mass is 10.00. The lowest BCUT2D eigenvalue weighted by molar-refractivity contribution is -0.123. The van der Waals surface area contributed by atoms with Crippen molar-refractivity contribution in [2.24, 2.45) is 0 Å². The van der Waals surface area contributed by atoms with Crippen LogP contribution in [0.4, 0.5) is 0 Å². The van der Waals surface area contributed by atoms with Gasteiger partial charge < -0.3 is 10.1 Å². The zero-order valence-electron chi connectivity index (χ0n) is 15.0. The largest absolute Gasteiger partial charge is 0.378 e.